The SMILES string of the molecule is CCOc1ccc(N(C(=O)c2snc(C(N)=O)c2N)[C@H](C(=O)NCCC(C)C)c2ccncc2)cc1. The molecule has 0 bridgehead atoms. The molecule has 2 aromatic heterocycles. The number of hydrogen-bond acceptors (Lipinski definition) is 8. The molecule has 1 aromatic carbocycles. The molecule has 36 heavy (non-hydrogen) atoms. The van der Waals surface area contributed by atoms with Gasteiger partial charge in [0.25, 0.3) is 11.8 Å². The van der Waals surface area contributed by atoms with E-state index in [1.54, 1.807) is 48.8 Å². The van der Waals surface area contributed by atoms with E-state index in [1.165, 1.54) is 4.90 Å². The van der Waals surface area contributed by atoms with Gasteiger partial charge < -0.3 is 21.5 Å². The zero-order valence-corrected chi connectivity index (χ0v) is 21.2. The molecule has 0 unspecified atom stereocenters. The van der Waals surface area contributed by atoms with Gasteiger partial charge in [0.1, 0.15) is 16.7 Å². The highest BCUT2D eigenvalue weighted by atomic mass is 32.1. The van der Waals surface area contributed by atoms with Crippen molar-refractivity contribution in [1.29, 1.82) is 0 Å². The summed E-state index contributed by atoms with van der Waals surface area (Å²) in [5.41, 5.74) is 12.1. The Morgan fingerprint density at radius 1 is 1.11 bits per heavy atom. The molecule has 2 heterocycles. The molecule has 11 heteroatoms. The Labute approximate surface area is 213 Å². The van der Waals surface area contributed by atoms with Gasteiger partial charge in [-0.2, -0.15) is 4.37 Å². The van der Waals surface area contributed by atoms with E-state index < -0.39 is 17.9 Å². The second kappa shape index (κ2) is 12.1. The summed E-state index contributed by atoms with van der Waals surface area (Å²) in [5.74, 6) is -0.807. The van der Waals surface area contributed by atoms with Gasteiger partial charge >= 0.3 is 0 Å². The first-order valence-electron chi connectivity index (χ1n) is 11.5. The van der Waals surface area contributed by atoms with Gasteiger partial charge in [-0.25, -0.2) is 0 Å². The highest BCUT2D eigenvalue weighted by Gasteiger charge is 2.36. The van der Waals surface area contributed by atoms with Crippen molar-refractivity contribution < 1.29 is 19.1 Å². The maximum absolute atomic E-state index is 14.0. The minimum absolute atomic E-state index is 0.00622. The van der Waals surface area contributed by atoms with E-state index in [1.807, 2.05) is 6.92 Å². The van der Waals surface area contributed by atoms with Gasteiger partial charge in [0, 0.05) is 24.6 Å². The predicted octanol–water partition coefficient (Wildman–Crippen LogP) is 3.17. The first-order chi connectivity index (χ1) is 17.2. The molecule has 0 fully saturated rings. The maximum Gasteiger partial charge on any atom is 0.273 e. The Kier molecular flexibility index (Phi) is 8.96. The van der Waals surface area contributed by atoms with Crippen LogP contribution in [0, 0.1) is 5.92 Å². The molecule has 3 rings (SSSR count). The number of hydrogen-bond donors (Lipinski definition) is 3. The fourth-order valence-electron chi connectivity index (χ4n) is 3.54. The third-order valence-corrected chi connectivity index (χ3v) is 6.20. The van der Waals surface area contributed by atoms with E-state index >= 15 is 0 Å². The van der Waals surface area contributed by atoms with Crippen molar-refractivity contribution in [1.82, 2.24) is 14.7 Å². The van der Waals surface area contributed by atoms with E-state index in [2.05, 4.69) is 28.5 Å². The number of benzene rings is 1. The van der Waals surface area contributed by atoms with Crippen molar-refractivity contribution in [2.24, 2.45) is 11.7 Å². The Bertz CT molecular complexity index is 1200. The summed E-state index contributed by atoms with van der Waals surface area (Å²) < 4.78 is 9.49. The molecule has 0 spiro atoms. The van der Waals surface area contributed by atoms with Crippen molar-refractivity contribution in [3.63, 3.8) is 0 Å². The molecular weight excluding hydrogens is 480 g/mol. The van der Waals surface area contributed by atoms with Crippen LogP contribution >= 0.6 is 11.5 Å². The van der Waals surface area contributed by atoms with Crippen molar-refractivity contribution in [2.45, 2.75) is 33.2 Å². The second-order valence-electron chi connectivity index (χ2n) is 8.40. The summed E-state index contributed by atoms with van der Waals surface area (Å²) in [6.45, 7) is 6.91. The number of ether oxygens (including phenoxy) is 1. The topological polar surface area (TPSA) is 154 Å². The Hall–Kier alpha value is -3.99. The summed E-state index contributed by atoms with van der Waals surface area (Å²) in [4.78, 5) is 44.6. The lowest BCUT2D eigenvalue weighted by Crippen LogP contribution is -2.44. The molecule has 190 valence electrons. The van der Waals surface area contributed by atoms with Crippen LogP contribution in [0.25, 0.3) is 0 Å². The van der Waals surface area contributed by atoms with Crippen LogP contribution in [0.3, 0.4) is 0 Å². The van der Waals surface area contributed by atoms with Gasteiger partial charge in [0.2, 0.25) is 5.91 Å². The number of aromatic nitrogens is 2. The van der Waals surface area contributed by atoms with E-state index in [-0.39, 0.29) is 22.2 Å². The Morgan fingerprint density at radius 2 is 1.78 bits per heavy atom. The average Bonchev–Trinajstić information content (AvgIpc) is 3.24. The molecule has 3 amide bonds. The zero-order chi connectivity index (χ0) is 26.2. The average molecular weight is 511 g/mol. The molecule has 0 aliphatic carbocycles. The molecule has 10 nitrogen and oxygen atoms in total. The number of nitrogen functional groups attached to an aromatic ring is 1. The normalized spacial score (nSPS) is 11.7. The number of primary amides is 1. The number of nitrogens with two attached hydrogens (primary N) is 2. The number of amides is 3. The second-order valence-corrected chi connectivity index (χ2v) is 9.17. The predicted molar refractivity (Wildman–Crippen MR) is 139 cm³/mol. The van der Waals surface area contributed by atoms with Gasteiger partial charge in [0.05, 0.1) is 12.3 Å². The maximum atomic E-state index is 14.0. The first kappa shape index (κ1) is 26.6. The number of pyridine rings is 1. The van der Waals surface area contributed by atoms with Crippen molar-refractivity contribution in [2.75, 3.05) is 23.8 Å². The van der Waals surface area contributed by atoms with E-state index in [0.717, 1.165) is 18.0 Å². The first-order valence-corrected chi connectivity index (χ1v) is 12.3. The molecular formula is C25H30N6O4S. The van der Waals surface area contributed by atoms with Crippen LogP contribution in [0.2, 0.25) is 0 Å². The molecule has 0 saturated carbocycles. The zero-order valence-electron chi connectivity index (χ0n) is 20.4. The minimum Gasteiger partial charge on any atom is -0.494 e. The summed E-state index contributed by atoms with van der Waals surface area (Å²) in [6.07, 6.45) is 3.88. The largest absolute Gasteiger partial charge is 0.494 e. The van der Waals surface area contributed by atoms with Gasteiger partial charge in [-0.05, 0) is 72.8 Å². The third-order valence-electron chi connectivity index (χ3n) is 5.35. The summed E-state index contributed by atoms with van der Waals surface area (Å²) in [6, 6.07) is 9.09. The number of nitrogens with zero attached hydrogens (tertiary/aromatic N) is 3. The Balaban J connectivity index is 2.12. The fourth-order valence-corrected chi connectivity index (χ4v) is 4.28. The molecule has 0 aliphatic heterocycles. The number of carbonyl (C=O) groups is 3. The summed E-state index contributed by atoms with van der Waals surface area (Å²) in [5, 5.41) is 2.94. The smallest absolute Gasteiger partial charge is 0.273 e. The monoisotopic (exact) mass is 510 g/mol. The lowest BCUT2D eigenvalue weighted by Gasteiger charge is -2.31. The molecule has 0 aliphatic rings. The Morgan fingerprint density at radius 3 is 2.33 bits per heavy atom. The lowest BCUT2D eigenvalue weighted by atomic mass is 10.0. The van der Waals surface area contributed by atoms with Gasteiger partial charge in [-0.3, -0.25) is 24.3 Å². The van der Waals surface area contributed by atoms with Crippen molar-refractivity contribution >= 4 is 40.6 Å². The van der Waals surface area contributed by atoms with Crippen LogP contribution < -0.4 is 26.4 Å². The van der Waals surface area contributed by atoms with Crippen LogP contribution in [0.15, 0.2) is 48.8 Å². The molecule has 5 N–H and O–H groups in total. The van der Waals surface area contributed by atoms with Crippen molar-refractivity contribution in [3.8, 4) is 5.75 Å². The molecule has 1 atom stereocenters. The summed E-state index contributed by atoms with van der Waals surface area (Å²) >= 11 is 0.757. The van der Waals surface area contributed by atoms with E-state index in [9.17, 15) is 14.4 Å². The van der Waals surface area contributed by atoms with Crippen LogP contribution in [-0.4, -0.2) is 40.2 Å². The third kappa shape index (κ3) is 6.16. The van der Waals surface area contributed by atoms with Crippen LogP contribution in [-0.2, 0) is 4.79 Å². The van der Waals surface area contributed by atoms with Gasteiger partial charge in [-0.1, -0.05) is 13.8 Å². The van der Waals surface area contributed by atoms with Crippen LogP contribution in [0.4, 0.5) is 11.4 Å². The number of nitrogens with one attached hydrogen (secondary N) is 1. The lowest BCUT2D eigenvalue weighted by molar-refractivity contribution is -0.122. The molecule has 3 aromatic rings. The number of rotatable bonds is 11. The fraction of sp³-hybridized carbons (Fsp3) is 0.320. The highest BCUT2D eigenvalue weighted by molar-refractivity contribution is 7.09. The number of anilines is 2. The standard InChI is InChI=1S/C25H30N6O4S/c1-4-35-18-7-5-17(6-8-18)31(25(34)22-19(26)20(23(27)32)30-36-22)21(16-10-12-28-13-11-16)24(33)29-14-9-15(2)3/h5-8,10-13,15,21H,4,9,14,26H2,1-3H3,(H2,27,32)(H,29,33)/t21-/m0/s1. The minimum atomic E-state index is -1.05. The van der Waals surface area contributed by atoms with Crippen LogP contribution in [0.5, 0.6) is 5.75 Å². The molecule has 0 radical (unpaired) electrons. The van der Waals surface area contributed by atoms with E-state index in [4.69, 9.17) is 16.2 Å². The van der Waals surface area contributed by atoms with Gasteiger partial charge in [0.15, 0.2) is 5.69 Å². The van der Waals surface area contributed by atoms with Crippen molar-refractivity contribution in [3.05, 3.63) is 64.9 Å². The summed E-state index contributed by atoms with van der Waals surface area (Å²) in [7, 11) is 0. The van der Waals surface area contributed by atoms with Gasteiger partial charge in [-0.15, -0.1) is 0 Å². The van der Waals surface area contributed by atoms with Crippen LogP contribution in [0.1, 0.15) is 59.0 Å². The van der Waals surface area contributed by atoms with E-state index in [0.29, 0.717) is 36.1 Å². The highest BCUT2D eigenvalue weighted by Crippen LogP contribution is 2.33. The quantitative estimate of drug-likeness (QED) is 0.358. The number of carbonyl (C=O) groups excluding carboxylic acids is 3. The molecule has 0 saturated heterocycles.